The summed E-state index contributed by atoms with van der Waals surface area (Å²) in [5.41, 5.74) is 6.15. The molecule has 0 saturated heterocycles. The summed E-state index contributed by atoms with van der Waals surface area (Å²) in [6.45, 7) is 6.30. The smallest absolute Gasteiger partial charge is 0.251 e. The van der Waals surface area contributed by atoms with Crippen LogP contribution >= 0.6 is 0 Å². The van der Waals surface area contributed by atoms with Gasteiger partial charge in [0.25, 0.3) is 5.91 Å². The minimum atomic E-state index is -0.282. The van der Waals surface area contributed by atoms with Crippen LogP contribution in [0, 0.1) is 0 Å². The number of carbonyl (C=O) groups excluding carboxylic acids is 1. The van der Waals surface area contributed by atoms with Crippen LogP contribution in [-0.4, -0.2) is 24.6 Å². The summed E-state index contributed by atoms with van der Waals surface area (Å²) < 4.78 is 18.0. The van der Waals surface area contributed by atoms with Crippen LogP contribution in [0.15, 0.2) is 36.2 Å². The molecule has 0 aromatic heterocycles. The quantitative estimate of drug-likeness (QED) is 0.848. The number of amides is 1. The number of benzene rings is 1. The van der Waals surface area contributed by atoms with Gasteiger partial charge in [-0.1, -0.05) is 0 Å². The fraction of sp³-hybridized carbons (Fsp3) is 0.438. The van der Waals surface area contributed by atoms with Crippen LogP contribution in [0.2, 0.25) is 0 Å². The number of carbonyl (C=O) groups is 1. The van der Waals surface area contributed by atoms with Gasteiger partial charge >= 0.3 is 0 Å². The molecule has 0 radical (unpaired) electrons. The van der Waals surface area contributed by atoms with E-state index in [9.17, 15) is 9.18 Å². The molecule has 1 aromatic rings. The highest BCUT2D eigenvalue weighted by Gasteiger charge is 2.15. The molecule has 3 N–H and O–H groups in total. The minimum Gasteiger partial charge on any atom is -0.489 e. The second-order valence-corrected chi connectivity index (χ2v) is 5.82. The average Bonchev–Trinajstić information content (AvgIpc) is 2.42. The van der Waals surface area contributed by atoms with Gasteiger partial charge in [-0.05, 0) is 63.6 Å². The molecule has 1 rings (SSSR count). The first-order valence-electron chi connectivity index (χ1n) is 6.89. The Morgan fingerprint density at radius 2 is 1.95 bits per heavy atom. The van der Waals surface area contributed by atoms with Crippen molar-refractivity contribution >= 4 is 5.91 Å². The lowest BCUT2D eigenvalue weighted by Gasteiger charge is -2.20. The first-order valence-corrected chi connectivity index (χ1v) is 6.89. The molecule has 0 unspecified atom stereocenters. The summed E-state index contributed by atoms with van der Waals surface area (Å²) >= 11 is 0. The lowest BCUT2D eigenvalue weighted by Crippen LogP contribution is -2.40. The highest BCUT2D eigenvalue weighted by atomic mass is 19.1. The molecule has 4 nitrogen and oxygen atoms in total. The number of hydrogen-bond acceptors (Lipinski definition) is 3. The molecule has 116 valence electrons. The molecule has 0 aliphatic heterocycles. The van der Waals surface area contributed by atoms with Crippen molar-refractivity contribution in [2.24, 2.45) is 5.73 Å². The van der Waals surface area contributed by atoms with E-state index < -0.39 is 0 Å². The number of halogens is 1. The number of hydrogen-bond donors (Lipinski definition) is 2. The van der Waals surface area contributed by atoms with Crippen molar-refractivity contribution in [1.29, 1.82) is 0 Å². The Kier molecular flexibility index (Phi) is 6.37. The maximum absolute atomic E-state index is 12.5. The van der Waals surface area contributed by atoms with Gasteiger partial charge in [0.15, 0.2) is 0 Å². The van der Waals surface area contributed by atoms with Crippen LogP contribution in [-0.2, 0) is 0 Å². The van der Waals surface area contributed by atoms with Crippen LogP contribution in [0.25, 0.3) is 0 Å². The molecular formula is C16H23FN2O2. The SMILES string of the molecule is CC(C)(C)NC(=O)c1ccc(OC/C(=C/F)CCN)cc1. The van der Waals surface area contributed by atoms with E-state index in [0.717, 1.165) is 0 Å². The fourth-order valence-corrected chi connectivity index (χ4v) is 1.63. The van der Waals surface area contributed by atoms with Gasteiger partial charge < -0.3 is 15.8 Å². The normalized spacial score (nSPS) is 12.1. The molecule has 0 bridgehead atoms. The molecule has 0 aliphatic rings. The molecule has 0 aliphatic carbocycles. The van der Waals surface area contributed by atoms with Gasteiger partial charge in [-0.2, -0.15) is 0 Å². The van der Waals surface area contributed by atoms with Crippen LogP contribution in [0.5, 0.6) is 5.75 Å². The van der Waals surface area contributed by atoms with Crippen LogP contribution < -0.4 is 15.8 Å². The molecule has 1 aromatic carbocycles. The predicted octanol–water partition coefficient (Wildman–Crippen LogP) is 2.80. The summed E-state index contributed by atoms with van der Waals surface area (Å²) in [4.78, 5) is 11.9. The maximum Gasteiger partial charge on any atom is 0.251 e. The van der Waals surface area contributed by atoms with Gasteiger partial charge in [0.1, 0.15) is 12.4 Å². The molecule has 0 heterocycles. The van der Waals surface area contributed by atoms with E-state index >= 15 is 0 Å². The van der Waals surface area contributed by atoms with E-state index in [0.29, 0.717) is 36.2 Å². The number of rotatable bonds is 6. The number of nitrogens with two attached hydrogens (primary N) is 1. The highest BCUT2D eigenvalue weighted by Crippen LogP contribution is 2.14. The molecule has 21 heavy (non-hydrogen) atoms. The Hall–Kier alpha value is -1.88. The Morgan fingerprint density at radius 1 is 1.33 bits per heavy atom. The van der Waals surface area contributed by atoms with Crippen molar-refractivity contribution < 1.29 is 13.9 Å². The predicted molar refractivity (Wildman–Crippen MR) is 82.0 cm³/mol. The van der Waals surface area contributed by atoms with Gasteiger partial charge in [-0.3, -0.25) is 4.79 Å². The molecule has 0 saturated carbocycles. The van der Waals surface area contributed by atoms with E-state index in [2.05, 4.69) is 5.32 Å². The summed E-state index contributed by atoms with van der Waals surface area (Å²) in [5.74, 6) is 0.445. The minimum absolute atomic E-state index is 0.137. The molecule has 5 heteroatoms. The lowest BCUT2D eigenvalue weighted by molar-refractivity contribution is 0.0919. The molecule has 0 fully saturated rings. The lowest BCUT2D eigenvalue weighted by atomic mass is 10.1. The highest BCUT2D eigenvalue weighted by molar-refractivity contribution is 5.94. The number of ether oxygens (including phenoxy) is 1. The zero-order chi connectivity index (χ0) is 15.9. The molecule has 1 amide bonds. The number of nitrogens with one attached hydrogen (secondary N) is 1. The standard InChI is InChI=1S/C16H23FN2O2/c1-16(2,3)19-15(20)13-4-6-14(7-5-13)21-11-12(10-17)8-9-18/h4-7,10H,8-9,11,18H2,1-3H3,(H,19,20)/b12-10+. The van der Waals surface area contributed by atoms with Crippen molar-refractivity contribution in [3.63, 3.8) is 0 Å². The van der Waals surface area contributed by atoms with E-state index in [-0.39, 0.29) is 18.1 Å². The topological polar surface area (TPSA) is 64.3 Å². The summed E-state index contributed by atoms with van der Waals surface area (Å²) in [7, 11) is 0. The van der Waals surface area contributed by atoms with E-state index in [1.807, 2.05) is 20.8 Å². The summed E-state index contributed by atoms with van der Waals surface area (Å²) in [6, 6.07) is 6.74. The van der Waals surface area contributed by atoms with E-state index in [4.69, 9.17) is 10.5 Å². The Labute approximate surface area is 125 Å². The third-order valence-corrected chi connectivity index (χ3v) is 2.65. The Balaban J connectivity index is 2.60. The van der Waals surface area contributed by atoms with Gasteiger partial charge in [-0.25, -0.2) is 4.39 Å². The zero-order valence-electron chi connectivity index (χ0n) is 12.8. The van der Waals surface area contributed by atoms with Crippen LogP contribution in [0.3, 0.4) is 0 Å². The van der Waals surface area contributed by atoms with Crippen molar-refractivity contribution in [2.75, 3.05) is 13.2 Å². The van der Waals surface area contributed by atoms with Crippen molar-refractivity contribution in [3.05, 3.63) is 41.7 Å². The Bertz CT molecular complexity index is 490. The van der Waals surface area contributed by atoms with Crippen LogP contribution in [0.1, 0.15) is 37.6 Å². The Morgan fingerprint density at radius 3 is 2.43 bits per heavy atom. The third-order valence-electron chi connectivity index (χ3n) is 2.65. The molecule has 0 spiro atoms. The third kappa shape index (κ3) is 6.40. The first-order chi connectivity index (χ1) is 9.85. The van der Waals surface area contributed by atoms with Crippen LogP contribution in [0.4, 0.5) is 4.39 Å². The van der Waals surface area contributed by atoms with Gasteiger partial charge in [0, 0.05) is 11.1 Å². The van der Waals surface area contributed by atoms with Gasteiger partial charge in [0.05, 0.1) is 6.33 Å². The monoisotopic (exact) mass is 294 g/mol. The van der Waals surface area contributed by atoms with Crippen molar-refractivity contribution in [3.8, 4) is 5.75 Å². The second-order valence-electron chi connectivity index (χ2n) is 5.82. The molecule has 0 atom stereocenters. The van der Waals surface area contributed by atoms with E-state index in [1.165, 1.54) is 0 Å². The summed E-state index contributed by atoms with van der Waals surface area (Å²) in [5, 5.41) is 2.88. The summed E-state index contributed by atoms with van der Waals surface area (Å²) in [6.07, 6.45) is 0.987. The fourth-order valence-electron chi connectivity index (χ4n) is 1.63. The second kappa shape index (κ2) is 7.78. The molecular weight excluding hydrogens is 271 g/mol. The largest absolute Gasteiger partial charge is 0.489 e. The maximum atomic E-state index is 12.5. The van der Waals surface area contributed by atoms with E-state index in [1.54, 1.807) is 24.3 Å². The van der Waals surface area contributed by atoms with Gasteiger partial charge in [0.2, 0.25) is 0 Å². The van der Waals surface area contributed by atoms with Crippen molar-refractivity contribution in [2.45, 2.75) is 32.7 Å². The first kappa shape index (κ1) is 17.2. The van der Waals surface area contributed by atoms with Crippen molar-refractivity contribution in [1.82, 2.24) is 5.32 Å². The van der Waals surface area contributed by atoms with Gasteiger partial charge in [-0.15, -0.1) is 0 Å². The average molecular weight is 294 g/mol. The zero-order valence-corrected chi connectivity index (χ0v) is 12.8.